The Morgan fingerprint density at radius 3 is 2.81 bits per heavy atom. The number of aliphatic imine (C=N–C) groups is 1. The molecule has 1 aromatic rings. The molecule has 0 bridgehead atoms. The van der Waals surface area contributed by atoms with Gasteiger partial charge in [0.2, 0.25) is 0 Å². The lowest BCUT2D eigenvalue weighted by molar-refractivity contribution is 0.266. The molecule has 1 unspecified atom stereocenters. The maximum absolute atomic E-state index is 5.19. The molecule has 6 heteroatoms. The van der Waals surface area contributed by atoms with Crippen molar-refractivity contribution in [1.29, 1.82) is 0 Å². The van der Waals surface area contributed by atoms with Crippen LogP contribution in [0.25, 0.3) is 0 Å². The summed E-state index contributed by atoms with van der Waals surface area (Å²) in [6, 6.07) is 0. The zero-order valence-corrected chi connectivity index (χ0v) is 15.8. The van der Waals surface area contributed by atoms with Crippen molar-refractivity contribution < 1.29 is 4.52 Å². The van der Waals surface area contributed by atoms with Crippen LogP contribution in [-0.4, -0.2) is 42.7 Å². The first kappa shape index (κ1) is 18.3. The Morgan fingerprint density at radius 1 is 1.48 bits per heavy atom. The molecule has 120 valence electrons. The predicted molar refractivity (Wildman–Crippen MR) is 96.4 cm³/mol. The van der Waals surface area contributed by atoms with Crippen molar-refractivity contribution in [2.75, 3.05) is 26.7 Å². The molecule has 2 rings (SSSR count). The van der Waals surface area contributed by atoms with Crippen molar-refractivity contribution in [2.24, 2.45) is 10.9 Å². The molecule has 21 heavy (non-hydrogen) atoms. The van der Waals surface area contributed by atoms with E-state index in [9.17, 15) is 0 Å². The lowest BCUT2D eigenvalue weighted by Gasteiger charge is -2.33. The zero-order valence-electron chi connectivity index (χ0n) is 13.5. The molecule has 1 aliphatic heterocycles. The molecule has 1 aliphatic rings. The normalized spacial score (nSPS) is 19.3. The zero-order chi connectivity index (χ0) is 14.5. The van der Waals surface area contributed by atoms with Crippen molar-refractivity contribution in [3.63, 3.8) is 0 Å². The highest BCUT2D eigenvalue weighted by Crippen LogP contribution is 2.15. The summed E-state index contributed by atoms with van der Waals surface area (Å²) >= 11 is 0. The Bertz CT molecular complexity index is 453. The lowest BCUT2D eigenvalue weighted by atomic mass is 10.0. The van der Waals surface area contributed by atoms with Crippen molar-refractivity contribution in [1.82, 2.24) is 15.4 Å². The van der Waals surface area contributed by atoms with E-state index in [4.69, 9.17) is 4.52 Å². The van der Waals surface area contributed by atoms with Gasteiger partial charge >= 0.3 is 0 Å². The second-order valence-corrected chi connectivity index (χ2v) is 5.72. The first-order valence-electron chi connectivity index (χ1n) is 7.49. The highest BCUT2D eigenvalue weighted by atomic mass is 127. The quantitative estimate of drug-likeness (QED) is 0.477. The fourth-order valence-electron chi connectivity index (χ4n) is 2.87. The number of nitrogens with zero attached hydrogens (tertiary/aromatic N) is 3. The topological polar surface area (TPSA) is 53.7 Å². The smallest absolute Gasteiger partial charge is 0.193 e. The standard InChI is InChI=1S/C15H26N4O.HI/c1-11-6-5-9-19(10-11)15(16-4)17-8-7-14-12(2)18-20-13(14)3;/h11H,5-10H2,1-4H3,(H,16,17);1H. The summed E-state index contributed by atoms with van der Waals surface area (Å²) < 4.78 is 5.19. The molecule has 2 heterocycles. The molecule has 0 aliphatic carbocycles. The molecule has 0 radical (unpaired) electrons. The number of aromatic nitrogens is 1. The van der Waals surface area contributed by atoms with Crippen LogP contribution >= 0.6 is 24.0 Å². The van der Waals surface area contributed by atoms with Crippen molar-refractivity contribution in [3.8, 4) is 0 Å². The van der Waals surface area contributed by atoms with Crippen molar-refractivity contribution in [2.45, 2.75) is 40.0 Å². The third-order valence-electron chi connectivity index (χ3n) is 4.01. The number of likely N-dealkylation sites (tertiary alicyclic amines) is 1. The van der Waals surface area contributed by atoms with Gasteiger partial charge in [0, 0.05) is 32.2 Å². The van der Waals surface area contributed by atoms with Gasteiger partial charge in [-0.1, -0.05) is 12.1 Å². The monoisotopic (exact) mass is 406 g/mol. The minimum atomic E-state index is 0. The number of piperidine rings is 1. The summed E-state index contributed by atoms with van der Waals surface area (Å²) in [6.07, 6.45) is 3.50. The van der Waals surface area contributed by atoms with Gasteiger partial charge in [0.1, 0.15) is 5.76 Å². The molecule has 1 saturated heterocycles. The maximum atomic E-state index is 5.19. The van der Waals surface area contributed by atoms with E-state index >= 15 is 0 Å². The Hall–Kier alpha value is -0.790. The Labute approximate surface area is 144 Å². The van der Waals surface area contributed by atoms with Gasteiger partial charge in [-0.15, -0.1) is 24.0 Å². The van der Waals surface area contributed by atoms with Gasteiger partial charge in [0.15, 0.2) is 5.96 Å². The van der Waals surface area contributed by atoms with E-state index < -0.39 is 0 Å². The molecule has 1 aromatic heterocycles. The third-order valence-corrected chi connectivity index (χ3v) is 4.01. The molecule has 0 spiro atoms. The van der Waals surface area contributed by atoms with E-state index in [1.54, 1.807) is 0 Å². The lowest BCUT2D eigenvalue weighted by Crippen LogP contribution is -2.46. The number of nitrogens with one attached hydrogen (secondary N) is 1. The van der Waals surface area contributed by atoms with E-state index in [1.165, 1.54) is 18.4 Å². The van der Waals surface area contributed by atoms with Gasteiger partial charge in [-0.2, -0.15) is 0 Å². The van der Waals surface area contributed by atoms with Gasteiger partial charge in [-0.3, -0.25) is 4.99 Å². The van der Waals surface area contributed by atoms with Gasteiger partial charge in [-0.05, 0) is 39.0 Å². The van der Waals surface area contributed by atoms with E-state index in [1.807, 2.05) is 20.9 Å². The Balaban J connectivity index is 0.00000220. The van der Waals surface area contributed by atoms with E-state index in [2.05, 4.69) is 27.3 Å². The summed E-state index contributed by atoms with van der Waals surface area (Å²) in [7, 11) is 1.86. The summed E-state index contributed by atoms with van der Waals surface area (Å²) in [5, 5.41) is 7.45. The average molecular weight is 406 g/mol. The number of guanidine groups is 1. The van der Waals surface area contributed by atoms with Crippen molar-refractivity contribution >= 4 is 29.9 Å². The van der Waals surface area contributed by atoms with Crippen LogP contribution in [0.15, 0.2) is 9.52 Å². The van der Waals surface area contributed by atoms with Gasteiger partial charge in [0.05, 0.1) is 5.69 Å². The van der Waals surface area contributed by atoms with Crippen LogP contribution in [0.3, 0.4) is 0 Å². The Morgan fingerprint density at radius 2 is 2.24 bits per heavy atom. The summed E-state index contributed by atoms with van der Waals surface area (Å²) in [6.45, 7) is 9.34. The fraction of sp³-hybridized carbons (Fsp3) is 0.733. The van der Waals surface area contributed by atoms with Crippen LogP contribution in [-0.2, 0) is 6.42 Å². The minimum absolute atomic E-state index is 0. The second kappa shape index (κ2) is 8.60. The SMILES string of the molecule is CN=C(NCCc1c(C)noc1C)N1CCCC(C)C1.I. The van der Waals surface area contributed by atoms with Gasteiger partial charge in [0.25, 0.3) is 0 Å². The van der Waals surface area contributed by atoms with E-state index in [0.29, 0.717) is 0 Å². The molecule has 0 aromatic carbocycles. The van der Waals surface area contributed by atoms with Gasteiger partial charge < -0.3 is 14.7 Å². The fourth-order valence-corrected chi connectivity index (χ4v) is 2.87. The van der Waals surface area contributed by atoms with Crippen LogP contribution in [0.1, 0.15) is 36.8 Å². The number of hydrogen-bond donors (Lipinski definition) is 1. The van der Waals surface area contributed by atoms with Crippen LogP contribution < -0.4 is 5.32 Å². The van der Waals surface area contributed by atoms with E-state index in [0.717, 1.165) is 49.4 Å². The number of hydrogen-bond acceptors (Lipinski definition) is 3. The molecule has 0 saturated carbocycles. The Kier molecular flexibility index (Phi) is 7.48. The largest absolute Gasteiger partial charge is 0.361 e. The predicted octanol–water partition coefficient (Wildman–Crippen LogP) is 2.76. The molecule has 1 N–H and O–H groups in total. The number of halogens is 1. The summed E-state index contributed by atoms with van der Waals surface area (Å²) in [5.74, 6) is 2.69. The number of rotatable bonds is 3. The molecule has 0 amide bonds. The summed E-state index contributed by atoms with van der Waals surface area (Å²) in [4.78, 5) is 6.76. The highest BCUT2D eigenvalue weighted by molar-refractivity contribution is 14.0. The van der Waals surface area contributed by atoms with Crippen molar-refractivity contribution in [3.05, 3.63) is 17.0 Å². The van der Waals surface area contributed by atoms with E-state index in [-0.39, 0.29) is 24.0 Å². The maximum Gasteiger partial charge on any atom is 0.193 e. The third kappa shape index (κ3) is 4.86. The first-order valence-corrected chi connectivity index (χ1v) is 7.49. The minimum Gasteiger partial charge on any atom is -0.361 e. The molecular weight excluding hydrogens is 379 g/mol. The second-order valence-electron chi connectivity index (χ2n) is 5.72. The van der Waals surface area contributed by atoms with Crippen LogP contribution in [0, 0.1) is 19.8 Å². The molecular formula is C15H27IN4O. The van der Waals surface area contributed by atoms with Crippen LogP contribution in [0.2, 0.25) is 0 Å². The molecule has 5 nitrogen and oxygen atoms in total. The van der Waals surface area contributed by atoms with Gasteiger partial charge in [-0.25, -0.2) is 0 Å². The van der Waals surface area contributed by atoms with Crippen LogP contribution in [0.5, 0.6) is 0 Å². The molecule has 1 fully saturated rings. The average Bonchev–Trinajstić information content (AvgIpc) is 2.75. The van der Waals surface area contributed by atoms with Crippen LogP contribution in [0.4, 0.5) is 0 Å². The highest BCUT2D eigenvalue weighted by Gasteiger charge is 2.19. The summed E-state index contributed by atoms with van der Waals surface area (Å²) in [5.41, 5.74) is 2.20. The molecule has 1 atom stereocenters. The first-order chi connectivity index (χ1) is 9.61. The number of aryl methyl sites for hydroxylation is 2.